The number of nitrogens with two attached hydrogens (primary N) is 1. The Hall–Kier alpha value is -2.71. The number of hydrazine groups is 1. The molecular weight excluding hydrogens is 361 g/mol. The highest BCUT2D eigenvalue weighted by Crippen LogP contribution is 2.27. The number of furan rings is 1. The van der Waals surface area contributed by atoms with Crippen molar-refractivity contribution in [3.63, 3.8) is 0 Å². The van der Waals surface area contributed by atoms with Crippen LogP contribution in [-0.2, 0) is 9.53 Å². The summed E-state index contributed by atoms with van der Waals surface area (Å²) in [6.07, 6.45) is 1.30. The van der Waals surface area contributed by atoms with E-state index < -0.39 is 24.4 Å². The average Bonchev–Trinajstić information content (AvgIpc) is 3.08. The molecule has 0 saturated carbocycles. The molecule has 0 unspecified atom stereocenters. The minimum absolute atomic E-state index is 0.00800. The molecule has 0 aliphatic heterocycles. The summed E-state index contributed by atoms with van der Waals surface area (Å²) in [5.41, 5.74) is 9.71. The van der Waals surface area contributed by atoms with E-state index in [-0.39, 0.29) is 27.1 Å². The number of ether oxygens (including phenoxy) is 1. The number of nitrogens with one attached hydrogen (secondary N) is 2. The minimum Gasteiger partial charge on any atom is -0.459 e. The molecule has 10 heteroatoms. The van der Waals surface area contributed by atoms with Crippen molar-refractivity contribution in [2.24, 2.45) is 0 Å². The van der Waals surface area contributed by atoms with E-state index >= 15 is 0 Å². The molecule has 0 saturated heterocycles. The summed E-state index contributed by atoms with van der Waals surface area (Å²) in [7, 11) is 0. The highest BCUT2D eigenvalue weighted by atomic mass is 35.5. The highest BCUT2D eigenvalue weighted by molar-refractivity contribution is 6.37. The number of nitrogen functional groups attached to an aromatic ring is 1. The topological polar surface area (TPSA) is 124 Å². The van der Waals surface area contributed by atoms with E-state index in [0.717, 1.165) is 0 Å². The zero-order valence-electron chi connectivity index (χ0n) is 12.0. The number of anilines is 1. The van der Waals surface area contributed by atoms with Gasteiger partial charge in [-0.2, -0.15) is 0 Å². The molecule has 0 atom stereocenters. The van der Waals surface area contributed by atoms with Crippen molar-refractivity contribution in [2.45, 2.75) is 0 Å². The molecule has 0 spiro atoms. The largest absolute Gasteiger partial charge is 0.459 e. The van der Waals surface area contributed by atoms with Crippen molar-refractivity contribution in [1.82, 2.24) is 10.9 Å². The van der Waals surface area contributed by atoms with Crippen molar-refractivity contribution >= 4 is 46.7 Å². The maximum atomic E-state index is 11.9. The fourth-order valence-electron chi connectivity index (χ4n) is 1.59. The van der Waals surface area contributed by atoms with Gasteiger partial charge in [0, 0.05) is 5.02 Å². The zero-order valence-corrected chi connectivity index (χ0v) is 13.5. The molecule has 24 heavy (non-hydrogen) atoms. The molecule has 8 nitrogen and oxygen atoms in total. The van der Waals surface area contributed by atoms with Crippen LogP contribution in [0.3, 0.4) is 0 Å². The van der Waals surface area contributed by atoms with Crippen molar-refractivity contribution in [3.05, 3.63) is 51.9 Å². The van der Waals surface area contributed by atoms with Gasteiger partial charge >= 0.3 is 11.9 Å². The zero-order chi connectivity index (χ0) is 17.7. The Bertz CT molecular complexity index is 777. The van der Waals surface area contributed by atoms with Gasteiger partial charge < -0.3 is 14.9 Å². The first-order valence-corrected chi connectivity index (χ1v) is 7.18. The van der Waals surface area contributed by atoms with Crippen LogP contribution in [0.25, 0.3) is 0 Å². The number of amides is 2. The van der Waals surface area contributed by atoms with Crippen molar-refractivity contribution in [3.8, 4) is 0 Å². The van der Waals surface area contributed by atoms with Gasteiger partial charge in [-0.1, -0.05) is 23.2 Å². The summed E-state index contributed by atoms with van der Waals surface area (Å²) in [4.78, 5) is 35.0. The van der Waals surface area contributed by atoms with Gasteiger partial charge in [0.15, 0.2) is 12.4 Å². The van der Waals surface area contributed by atoms with Gasteiger partial charge in [0.2, 0.25) is 0 Å². The maximum Gasteiger partial charge on any atom is 0.340 e. The van der Waals surface area contributed by atoms with Gasteiger partial charge in [0.05, 0.1) is 22.5 Å². The maximum absolute atomic E-state index is 11.9. The Labute approximate surface area is 145 Å². The van der Waals surface area contributed by atoms with Crippen LogP contribution in [-0.4, -0.2) is 24.4 Å². The molecule has 2 aromatic rings. The second kappa shape index (κ2) is 7.71. The van der Waals surface area contributed by atoms with E-state index in [1.54, 1.807) is 0 Å². The Morgan fingerprint density at radius 1 is 1.21 bits per heavy atom. The second-order valence-electron chi connectivity index (χ2n) is 4.40. The Morgan fingerprint density at radius 3 is 2.62 bits per heavy atom. The van der Waals surface area contributed by atoms with E-state index in [1.807, 2.05) is 0 Å². The molecule has 0 bridgehead atoms. The van der Waals surface area contributed by atoms with Crippen LogP contribution in [0.5, 0.6) is 0 Å². The molecule has 2 amide bonds. The molecule has 1 heterocycles. The van der Waals surface area contributed by atoms with E-state index in [9.17, 15) is 14.4 Å². The summed E-state index contributed by atoms with van der Waals surface area (Å²) >= 11 is 11.6. The lowest BCUT2D eigenvalue weighted by Gasteiger charge is -2.09. The quantitative estimate of drug-likeness (QED) is 0.427. The Morgan fingerprint density at radius 2 is 1.96 bits per heavy atom. The van der Waals surface area contributed by atoms with Crippen LogP contribution in [0.15, 0.2) is 34.9 Å². The molecule has 1 aromatic carbocycles. The molecule has 1 aromatic heterocycles. The highest BCUT2D eigenvalue weighted by Gasteiger charge is 2.17. The van der Waals surface area contributed by atoms with Gasteiger partial charge in [-0.15, -0.1) is 0 Å². The molecular formula is C14H11Cl2N3O5. The van der Waals surface area contributed by atoms with Crippen molar-refractivity contribution < 1.29 is 23.5 Å². The smallest absolute Gasteiger partial charge is 0.340 e. The fourth-order valence-corrected chi connectivity index (χ4v) is 2.09. The molecule has 0 fully saturated rings. The third kappa shape index (κ3) is 4.40. The average molecular weight is 372 g/mol. The van der Waals surface area contributed by atoms with Gasteiger partial charge in [0.25, 0.3) is 5.91 Å². The predicted octanol–water partition coefficient (Wildman–Crippen LogP) is 1.79. The van der Waals surface area contributed by atoms with Gasteiger partial charge in [0.1, 0.15) is 0 Å². The number of benzene rings is 1. The SMILES string of the molecule is Nc1c(Cl)cc(Cl)cc1C(=O)OCC(=O)NNC(=O)c1ccco1. The first-order chi connectivity index (χ1) is 11.4. The summed E-state index contributed by atoms with van der Waals surface area (Å²) in [5, 5.41) is 0.279. The number of rotatable bonds is 4. The summed E-state index contributed by atoms with van der Waals surface area (Å²) < 4.78 is 9.61. The van der Waals surface area contributed by atoms with E-state index in [4.69, 9.17) is 38.1 Å². The van der Waals surface area contributed by atoms with Crippen LogP contribution >= 0.6 is 23.2 Å². The standard InChI is InChI=1S/C14H11Cl2N3O5/c15-7-4-8(12(17)9(16)5-7)14(22)24-6-11(20)18-19-13(21)10-2-1-3-23-10/h1-5H,6,17H2,(H,18,20)(H,19,21). The lowest BCUT2D eigenvalue weighted by atomic mass is 10.2. The molecule has 126 valence electrons. The predicted molar refractivity (Wildman–Crippen MR) is 85.5 cm³/mol. The third-order valence-electron chi connectivity index (χ3n) is 2.71. The summed E-state index contributed by atoms with van der Waals surface area (Å²) in [6, 6.07) is 5.56. The molecule has 0 aliphatic carbocycles. The van der Waals surface area contributed by atoms with Crippen molar-refractivity contribution in [2.75, 3.05) is 12.3 Å². The number of halogens is 2. The lowest BCUT2D eigenvalue weighted by molar-refractivity contribution is -0.125. The van der Waals surface area contributed by atoms with Gasteiger partial charge in [-0.05, 0) is 24.3 Å². The van der Waals surface area contributed by atoms with Crippen LogP contribution in [0.2, 0.25) is 10.0 Å². The van der Waals surface area contributed by atoms with Crippen LogP contribution in [0.1, 0.15) is 20.9 Å². The molecule has 0 aliphatic rings. The van der Waals surface area contributed by atoms with Gasteiger partial charge in [-0.3, -0.25) is 20.4 Å². The van der Waals surface area contributed by atoms with Crippen molar-refractivity contribution in [1.29, 1.82) is 0 Å². The van der Waals surface area contributed by atoms with E-state index in [0.29, 0.717) is 0 Å². The van der Waals surface area contributed by atoms with Crippen LogP contribution in [0, 0.1) is 0 Å². The second-order valence-corrected chi connectivity index (χ2v) is 5.25. The summed E-state index contributed by atoms with van der Waals surface area (Å²) in [5.74, 6) is -2.31. The monoisotopic (exact) mass is 371 g/mol. The number of esters is 1. The summed E-state index contributed by atoms with van der Waals surface area (Å²) in [6.45, 7) is -0.652. The lowest BCUT2D eigenvalue weighted by Crippen LogP contribution is -2.43. The number of carbonyl (C=O) groups excluding carboxylic acids is 3. The van der Waals surface area contributed by atoms with E-state index in [2.05, 4.69) is 10.9 Å². The third-order valence-corrected chi connectivity index (χ3v) is 3.24. The van der Waals surface area contributed by atoms with Crippen LogP contribution < -0.4 is 16.6 Å². The first-order valence-electron chi connectivity index (χ1n) is 6.43. The van der Waals surface area contributed by atoms with E-state index in [1.165, 1.54) is 30.5 Å². The molecule has 2 rings (SSSR count). The minimum atomic E-state index is -0.885. The number of carbonyl (C=O) groups is 3. The number of hydrogen-bond acceptors (Lipinski definition) is 6. The normalized spacial score (nSPS) is 10.1. The molecule has 0 radical (unpaired) electrons. The fraction of sp³-hybridized carbons (Fsp3) is 0.0714. The van der Waals surface area contributed by atoms with Gasteiger partial charge in [-0.25, -0.2) is 4.79 Å². The first kappa shape index (κ1) is 17.6. The number of hydrogen-bond donors (Lipinski definition) is 3. The van der Waals surface area contributed by atoms with Crippen LogP contribution in [0.4, 0.5) is 5.69 Å². The Kier molecular flexibility index (Phi) is 5.67. The molecule has 4 N–H and O–H groups in total. The Balaban J connectivity index is 1.85.